The smallest absolute Gasteiger partial charge is 0.167 e. The van der Waals surface area contributed by atoms with E-state index in [1.807, 2.05) is 6.66 Å². The molecular weight excluding hydrogens is 305 g/mol. The summed E-state index contributed by atoms with van der Waals surface area (Å²) in [6.07, 6.45) is 0.838. The van der Waals surface area contributed by atoms with Crippen molar-refractivity contribution in [3.63, 3.8) is 0 Å². The second-order valence-corrected chi connectivity index (χ2v) is 6.85. The van der Waals surface area contributed by atoms with E-state index in [1.165, 1.54) is 0 Å². The molecule has 7 atom stereocenters. The Bertz CT molecular complexity index is 340. The maximum Gasteiger partial charge on any atom is 0.167 e. The minimum absolute atomic E-state index is 0.0390. The van der Waals surface area contributed by atoms with Gasteiger partial charge in [-0.1, -0.05) is 0 Å². The molecule has 0 aromatic carbocycles. The molecule has 7 unspecified atom stereocenters. The summed E-state index contributed by atoms with van der Waals surface area (Å²) < 4.78 is 33.3. The fraction of sp³-hybridized carbons (Fsp3) is 1.00. The summed E-state index contributed by atoms with van der Waals surface area (Å²) in [5.74, 6) is 0. The lowest BCUT2D eigenvalue weighted by molar-refractivity contribution is -0.0239. The van der Waals surface area contributed by atoms with Crippen molar-refractivity contribution in [3.8, 4) is 0 Å². The third kappa shape index (κ3) is 5.17. The predicted octanol–water partition coefficient (Wildman–Crippen LogP) is 0.558. The van der Waals surface area contributed by atoms with Crippen LogP contribution in [-0.2, 0) is 28.0 Å². The molecule has 9 heteroatoms. The van der Waals surface area contributed by atoms with Crippen LogP contribution in [0.15, 0.2) is 0 Å². The Balaban J connectivity index is 1.74. The van der Waals surface area contributed by atoms with Crippen molar-refractivity contribution in [2.45, 2.75) is 49.3 Å². The van der Waals surface area contributed by atoms with E-state index in [-0.39, 0.29) is 36.4 Å². The first-order valence-electron chi connectivity index (χ1n) is 7.40. The van der Waals surface area contributed by atoms with Gasteiger partial charge in [0.05, 0.1) is 25.4 Å². The van der Waals surface area contributed by atoms with E-state index in [4.69, 9.17) is 43.7 Å². The summed E-state index contributed by atoms with van der Waals surface area (Å²) in [5, 5.41) is 0. The largest absolute Gasteiger partial charge is 0.382 e. The van der Waals surface area contributed by atoms with Crippen LogP contribution in [-0.4, -0.2) is 86.2 Å². The van der Waals surface area contributed by atoms with Gasteiger partial charge in [0.25, 0.3) is 0 Å². The molecule has 2 saturated heterocycles. The minimum atomic E-state index is -1.07. The molecule has 0 N–H and O–H groups in total. The van der Waals surface area contributed by atoms with Gasteiger partial charge in [-0.2, -0.15) is 0 Å². The SMILES string of the molecule is [B]C1CC(OC)C(COP(C)OC2CC([B])OC2COC)O1. The highest BCUT2D eigenvalue weighted by atomic mass is 31.2. The lowest BCUT2D eigenvalue weighted by Gasteiger charge is -2.24. The zero-order valence-corrected chi connectivity index (χ0v) is 14.2. The average molecular weight is 328 g/mol. The molecule has 0 aromatic heterocycles. The van der Waals surface area contributed by atoms with E-state index in [2.05, 4.69) is 0 Å². The van der Waals surface area contributed by atoms with Crippen molar-refractivity contribution in [3.05, 3.63) is 0 Å². The normalized spacial score (nSPS) is 40.1. The Labute approximate surface area is 136 Å². The van der Waals surface area contributed by atoms with Crippen molar-refractivity contribution in [2.75, 3.05) is 34.1 Å². The van der Waals surface area contributed by atoms with E-state index in [9.17, 15) is 0 Å². The van der Waals surface area contributed by atoms with Crippen molar-refractivity contribution >= 4 is 24.1 Å². The lowest BCUT2D eigenvalue weighted by Crippen LogP contribution is -2.29. The molecule has 2 aliphatic heterocycles. The fourth-order valence-electron chi connectivity index (χ4n) is 2.71. The number of rotatable bonds is 8. The van der Waals surface area contributed by atoms with Crippen molar-refractivity contribution in [1.82, 2.24) is 0 Å². The van der Waals surface area contributed by atoms with Gasteiger partial charge in [0.15, 0.2) is 8.38 Å². The molecule has 0 aliphatic carbocycles. The monoisotopic (exact) mass is 328 g/mol. The second kappa shape index (κ2) is 8.97. The Morgan fingerprint density at radius 2 is 1.59 bits per heavy atom. The topological polar surface area (TPSA) is 55.4 Å². The number of hydrogen-bond acceptors (Lipinski definition) is 6. The van der Waals surface area contributed by atoms with Gasteiger partial charge in [0, 0.05) is 32.9 Å². The Morgan fingerprint density at radius 3 is 2.18 bits per heavy atom. The highest BCUT2D eigenvalue weighted by Crippen LogP contribution is 2.40. The second-order valence-electron chi connectivity index (χ2n) is 5.51. The van der Waals surface area contributed by atoms with Gasteiger partial charge in [-0.3, -0.25) is 0 Å². The standard InChI is InChI=1S/C13H23B2O6P/c1-16-6-10-9(5-13(15)19-10)21-22(3)18-7-11-8(17-2)4-12(14)20-11/h8-13H,4-7H2,1-3H3. The van der Waals surface area contributed by atoms with E-state index in [1.54, 1.807) is 14.2 Å². The highest BCUT2D eigenvalue weighted by Gasteiger charge is 2.36. The zero-order valence-electron chi connectivity index (χ0n) is 13.3. The fourth-order valence-corrected chi connectivity index (χ4v) is 3.73. The molecule has 2 aliphatic rings. The Hall–Kier alpha value is 0.320. The average Bonchev–Trinajstić information content (AvgIpc) is 3.00. The summed E-state index contributed by atoms with van der Waals surface area (Å²) in [6, 6.07) is -0.613. The first-order valence-corrected chi connectivity index (χ1v) is 9.03. The first-order chi connectivity index (χ1) is 10.5. The molecule has 22 heavy (non-hydrogen) atoms. The zero-order chi connectivity index (χ0) is 16.1. The van der Waals surface area contributed by atoms with Crippen LogP contribution >= 0.6 is 8.38 Å². The van der Waals surface area contributed by atoms with Crippen molar-refractivity contribution in [1.29, 1.82) is 0 Å². The summed E-state index contributed by atoms with van der Waals surface area (Å²) in [7, 11) is 13.8. The summed E-state index contributed by atoms with van der Waals surface area (Å²) in [4.78, 5) is 0. The number of ether oxygens (including phenoxy) is 4. The summed E-state index contributed by atoms with van der Waals surface area (Å²) >= 11 is 0. The molecule has 0 spiro atoms. The maximum absolute atomic E-state index is 5.93. The van der Waals surface area contributed by atoms with E-state index >= 15 is 0 Å². The van der Waals surface area contributed by atoms with E-state index in [0.717, 1.165) is 0 Å². The molecule has 2 heterocycles. The van der Waals surface area contributed by atoms with Crippen LogP contribution in [0.25, 0.3) is 0 Å². The number of hydrogen-bond donors (Lipinski definition) is 0. The van der Waals surface area contributed by atoms with Crippen LogP contribution < -0.4 is 0 Å². The van der Waals surface area contributed by atoms with Gasteiger partial charge in [0.1, 0.15) is 27.9 Å². The maximum atomic E-state index is 5.93. The van der Waals surface area contributed by atoms with Gasteiger partial charge < -0.3 is 28.0 Å². The molecule has 0 amide bonds. The van der Waals surface area contributed by atoms with Crippen LogP contribution in [0.2, 0.25) is 0 Å². The van der Waals surface area contributed by atoms with Gasteiger partial charge >= 0.3 is 0 Å². The molecule has 6 nitrogen and oxygen atoms in total. The first kappa shape index (κ1) is 18.7. The van der Waals surface area contributed by atoms with Crippen molar-refractivity contribution in [2.24, 2.45) is 0 Å². The third-order valence-electron chi connectivity index (χ3n) is 3.80. The van der Waals surface area contributed by atoms with Gasteiger partial charge in [-0.25, -0.2) is 0 Å². The molecule has 2 rings (SSSR count). The Morgan fingerprint density at radius 1 is 1.00 bits per heavy atom. The number of methoxy groups -OCH3 is 2. The van der Waals surface area contributed by atoms with E-state index in [0.29, 0.717) is 26.1 Å². The molecule has 2 fully saturated rings. The molecule has 0 bridgehead atoms. The molecule has 122 valence electrons. The molecule has 4 radical (unpaired) electrons. The van der Waals surface area contributed by atoms with Crippen molar-refractivity contribution < 1.29 is 28.0 Å². The predicted molar refractivity (Wildman–Crippen MR) is 84.4 cm³/mol. The lowest BCUT2D eigenvalue weighted by atomic mass is 9.96. The molecule has 0 saturated carbocycles. The van der Waals surface area contributed by atoms with Crippen LogP contribution in [0, 0.1) is 0 Å². The summed E-state index contributed by atoms with van der Waals surface area (Å²) in [5.41, 5.74) is 0. The summed E-state index contributed by atoms with van der Waals surface area (Å²) in [6.45, 7) is 2.75. The van der Waals surface area contributed by atoms with Gasteiger partial charge in [-0.05, 0) is 12.8 Å². The van der Waals surface area contributed by atoms with Crippen LogP contribution in [0.4, 0.5) is 0 Å². The molecular formula is C13H23B2O6P. The third-order valence-corrected chi connectivity index (χ3v) is 4.88. The van der Waals surface area contributed by atoms with Crippen LogP contribution in [0.3, 0.4) is 0 Å². The van der Waals surface area contributed by atoms with Gasteiger partial charge in [-0.15, -0.1) is 0 Å². The molecule has 0 aromatic rings. The quantitative estimate of drug-likeness (QED) is 0.479. The minimum Gasteiger partial charge on any atom is -0.382 e. The van der Waals surface area contributed by atoms with E-state index < -0.39 is 8.38 Å². The van der Waals surface area contributed by atoms with Crippen LogP contribution in [0.1, 0.15) is 12.8 Å². The van der Waals surface area contributed by atoms with Gasteiger partial charge in [0.2, 0.25) is 0 Å². The Kier molecular flexibility index (Phi) is 7.61. The van der Waals surface area contributed by atoms with Crippen LogP contribution in [0.5, 0.6) is 0 Å². The highest BCUT2D eigenvalue weighted by molar-refractivity contribution is 7.46.